The van der Waals surface area contributed by atoms with Gasteiger partial charge in [0.25, 0.3) is 0 Å². The zero-order valence-electron chi connectivity index (χ0n) is 10.3. The number of hydrogen-bond acceptors (Lipinski definition) is 4. The summed E-state index contributed by atoms with van der Waals surface area (Å²) in [5.74, 6) is 0.442. The number of nitrogens with two attached hydrogens (primary N) is 1. The Hall–Kier alpha value is -1.62. The molecular weight excluding hydrogens is 220 g/mol. The smallest absolute Gasteiger partial charge is 0.310 e. The predicted molar refractivity (Wildman–Crippen MR) is 66.3 cm³/mol. The molecule has 0 heterocycles. The molecule has 0 saturated carbocycles. The SMILES string of the molecule is CCOc1cc(C(C)C(C)N)ccc1[N+](=O)[O-]. The second-order valence-corrected chi connectivity index (χ2v) is 4.07. The summed E-state index contributed by atoms with van der Waals surface area (Å²) >= 11 is 0. The molecule has 2 atom stereocenters. The van der Waals surface area contributed by atoms with E-state index in [2.05, 4.69) is 0 Å². The van der Waals surface area contributed by atoms with Crippen LogP contribution in [0.25, 0.3) is 0 Å². The van der Waals surface area contributed by atoms with Crippen LogP contribution in [0.15, 0.2) is 18.2 Å². The lowest BCUT2D eigenvalue weighted by atomic mass is 9.94. The van der Waals surface area contributed by atoms with Gasteiger partial charge in [-0.25, -0.2) is 0 Å². The van der Waals surface area contributed by atoms with E-state index in [0.29, 0.717) is 12.4 Å². The van der Waals surface area contributed by atoms with E-state index < -0.39 is 4.92 Å². The fourth-order valence-electron chi connectivity index (χ4n) is 1.54. The van der Waals surface area contributed by atoms with Crippen molar-refractivity contribution in [2.75, 3.05) is 6.61 Å². The Kier molecular flexibility index (Phi) is 4.45. The average molecular weight is 238 g/mol. The molecule has 5 heteroatoms. The van der Waals surface area contributed by atoms with Gasteiger partial charge in [0.15, 0.2) is 5.75 Å². The summed E-state index contributed by atoms with van der Waals surface area (Å²) < 4.78 is 5.29. The number of rotatable bonds is 5. The summed E-state index contributed by atoms with van der Waals surface area (Å²) in [4.78, 5) is 10.4. The molecule has 0 bridgehead atoms. The van der Waals surface area contributed by atoms with Crippen LogP contribution in [0.4, 0.5) is 5.69 Å². The highest BCUT2D eigenvalue weighted by atomic mass is 16.6. The molecule has 2 N–H and O–H groups in total. The van der Waals surface area contributed by atoms with Crippen molar-refractivity contribution in [3.63, 3.8) is 0 Å². The molecule has 0 aliphatic carbocycles. The quantitative estimate of drug-likeness (QED) is 0.631. The zero-order chi connectivity index (χ0) is 13.0. The Morgan fingerprint density at radius 3 is 2.59 bits per heavy atom. The Labute approximate surface area is 101 Å². The molecule has 1 aromatic carbocycles. The maximum atomic E-state index is 10.8. The van der Waals surface area contributed by atoms with Crippen LogP contribution in [0.1, 0.15) is 32.3 Å². The normalized spacial score (nSPS) is 14.1. The van der Waals surface area contributed by atoms with Crippen LogP contribution in [-0.2, 0) is 0 Å². The highest BCUT2D eigenvalue weighted by Gasteiger charge is 2.18. The molecule has 2 unspecified atom stereocenters. The third-order valence-corrected chi connectivity index (χ3v) is 2.79. The van der Waals surface area contributed by atoms with Gasteiger partial charge in [-0.1, -0.05) is 13.0 Å². The second-order valence-electron chi connectivity index (χ2n) is 4.07. The average Bonchev–Trinajstić information content (AvgIpc) is 2.27. The topological polar surface area (TPSA) is 78.4 Å². The van der Waals surface area contributed by atoms with Gasteiger partial charge in [-0.2, -0.15) is 0 Å². The van der Waals surface area contributed by atoms with E-state index in [-0.39, 0.29) is 17.6 Å². The summed E-state index contributed by atoms with van der Waals surface area (Å²) in [6.45, 7) is 6.09. The molecule has 0 aliphatic heterocycles. The van der Waals surface area contributed by atoms with Crippen molar-refractivity contribution in [3.05, 3.63) is 33.9 Å². The highest BCUT2D eigenvalue weighted by molar-refractivity contribution is 5.49. The van der Waals surface area contributed by atoms with E-state index in [1.165, 1.54) is 6.07 Å². The van der Waals surface area contributed by atoms with Gasteiger partial charge in [0.05, 0.1) is 11.5 Å². The third kappa shape index (κ3) is 3.17. The Bertz CT molecular complexity index is 405. The molecular formula is C12H18N2O3. The number of nitro groups is 1. The van der Waals surface area contributed by atoms with E-state index in [4.69, 9.17) is 10.5 Å². The molecule has 5 nitrogen and oxygen atoms in total. The van der Waals surface area contributed by atoms with Crippen molar-refractivity contribution < 1.29 is 9.66 Å². The van der Waals surface area contributed by atoms with Crippen LogP contribution < -0.4 is 10.5 Å². The van der Waals surface area contributed by atoms with Crippen LogP contribution in [-0.4, -0.2) is 17.6 Å². The fraction of sp³-hybridized carbons (Fsp3) is 0.500. The summed E-state index contributed by atoms with van der Waals surface area (Å²) in [7, 11) is 0. The summed E-state index contributed by atoms with van der Waals surface area (Å²) in [6.07, 6.45) is 0. The van der Waals surface area contributed by atoms with Crippen LogP contribution in [0.3, 0.4) is 0 Å². The second kappa shape index (κ2) is 5.63. The van der Waals surface area contributed by atoms with Crippen LogP contribution >= 0.6 is 0 Å². The molecule has 0 fully saturated rings. The molecule has 1 aromatic rings. The minimum absolute atomic E-state index is 0.00697. The van der Waals surface area contributed by atoms with Crippen LogP contribution in [0.2, 0.25) is 0 Å². The van der Waals surface area contributed by atoms with E-state index in [0.717, 1.165) is 5.56 Å². The van der Waals surface area contributed by atoms with E-state index in [9.17, 15) is 10.1 Å². The van der Waals surface area contributed by atoms with Crippen molar-refractivity contribution in [2.24, 2.45) is 5.73 Å². The first-order valence-electron chi connectivity index (χ1n) is 5.64. The lowest BCUT2D eigenvalue weighted by molar-refractivity contribution is -0.385. The maximum absolute atomic E-state index is 10.8. The largest absolute Gasteiger partial charge is 0.487 e. The van der Waals surface area contributed by atoms with Crippen LogP contribution in [0.5, 0.6) is 5.75 Å². The standard InChI is InChI=1S/C12H18N2O3/c1-4-17-12-7-10(8(2)9(3)13)5-6-11(12)14(15)16/h5-9H,4,13H2,1-3H3. The molecule has 17 heavy (non-hydrogen) atoms. The van der Waals surface area contributed by atoms with Crippen molar-refractivity contribution in [2.45, 2.75) is 32.7 Å². The Morgan fingerprint density at radius 2 is 2.12 bits per heavy atom. The predicted octanol–water partition coefficient (Wildman–Crippen LogP) is 2.44. The number of benzene rings is 1. The van der Waals surface area contributed by atoms with Gasteiger partial charge >= 0.3 is 5.69 Å². The van der Waals surface area contributed by atoms with E-state index in [1.807, 2.05) is 13.8 Å². The Morgan fingerprint density at radius 1 is 1.47 bits per heavy atom. The minimum atomic E-state index is -0.439. The number of nitro benzene ring substituents is 1. The Balaban J connectivity index is 3.13. The first-order chi connectivity index (χ1) is 7.97. The van der Waals surface area contributed by atoms with Crippen molar-refractivity contribution in [1.29, 1.82) is 0 Å². The monoisotopic (exact) mass is 238 g/mol. The minimum Gasteiger partial charge on any atom is -0.487 e. The van der Waals surface area contributed by atoms with Gasteiger partial charge in [0, 0.05) is 12.1 Å². The van der Waals surface area contributed by atoms with Gasteiger partial charge in [0.1, 0.15) is 0 Å². The van der Waals surface area contributed by atoms with Crippen molar-refractivity contribution in [1.82, 2.24) is 0 Å². The number of hydrogen-bond donors (Lipinski definition) is 1. The molecule has 94 valence electrons. The zero-order valence-corrected chi connectivity index (χ0v) is 10.3. The maximum Gasteiger partial charge on any atom is 0.310 e. The number of nitrogens with zero attached hydrogens (tertiary/aromatic N) is 1. The molecule has 0 aromatic heterocycles. The fourth-order valence-corrected chi connectivity index (χ4v) is 1.54. The summed E-state index contributed by atoms with van der Waals surface area (Å²) in [5, 5.41) is 10.8. The number of ether oxygens (including phenoxy) is 1. The van der Waals surface area contributed by atoms with Gasteiger partial charge in [0.2, 0.25) is 0 Å². The molecule has 0 radical (unpaired) electrons. The molecule has 1 rings (SSSR count). The van der Waals surface area contributed by atoms with Gasteiger partial charge in [-0.3, -0.25) is 10.1 Å². The highest BCUT2D eigenvalue weighted by Crippen LogP contribution is 2.31. The molecule has 0 amide bonds. The first-order valence-corrected chi connectivity index (χ1v) is 5.64. The summed E-state index contributed by atoms with van der Waals surface area (Å²) in [6, 6.07) is 4.90. The molecule has 0 aliphatic rings. The first kappa shape index (κ1) is 13.4. The third-order valence-electron chi connectivity index (χ3n) is 2.79. The van der Waals surface area contributed by atoms with Crippen LogP contribution in [0, 0.1) is 10.1 Å². The van der Waals surface area contributed by atoms with E-state index in [1.54, 1.807) is 19.1 Å². The van der Waals surface area contributed by atoms with Crippen molar-refractivity contribution >= 4 is 5.69 Å². The lowest BCUT2D eigenvalue weighted by Crippen LogP contribution is -2.22. The molecule has 0 saturated heterocycles. The van der Waals surface area contributed by atoms with Gasteiger partial charge in [-0.05, 0) is 31.4 Å². The van der Waals surface area contributed by atoms with Gasteiger partial charge < -0.3 is 10.5 Å². The summed E-state index contributed by atoms with van der Waals surface area (Å²) in [5.41, 5.74) is 6.76. The molecule has 0 spiro atoms. The van der Waals surface area contributed by atoms with Gasteiger partial charge in [-0.15, -0.1) is 0 Å². The van der Waals surface area contributed by atoms with E-state index >= 15 is 0 Å². The van der Waals surface area contributed by atoms with Crippen molar-refractivity contribution in [3.8, 4) is 5.75 Å². The lowest BCUT2D eigenvalue weighted by Gasteiger charge is -2.16.